The number of carboxylic acids is 1. The molecule has 1 rings (SSSR count). The Bertz CT molecular complexity index is 505. The van der Waals surface area contributed by atoms with Crippen molar-refractivity contribution in [2.45, 2.75) is 20.3 Å². The zero-order chi connectivity index (χ0) is 14.6. The van der Waals surface area contributed by atoms with E-state index in [9.17, 15) is 14.4 Å². The number of carbonyl (C=O) groups is 3. The number of hydrogen-bond acceptors (Lipinski definition) is 3. The van der Waals surface area contributed by atoms with E-state index in [-0.39, 0.29) is 18.2 Å². The first-order chi connectivity index (χ1) is 8.86. The molecule has 0 aliphatic heterocycles. The van der Waals surface area contributed by atoms with E-state index in [4.69, 9.17) is 5.11 Å². The summed E-state index contributed by atoms with van der Waals surface area (Å²) in [6.07, 6.45) is 2.24. The number of rotatable bonds is 6. The van der Waals surface area contributed by atoms with Gasteiger partial charge in [0.15, 0.2) is 5.78 Å². The second kappa shape index (κ2) is 6.17. The maximum absolute atomic E-state index is 12.3. The lowest BCUT2D eigenvalue weighted by molar-refractivity contribution is -0.137. The van der Waals surface area contributed by atoms with Gasteiger partial charge in [-0.3, -0.25) is 14.4 Å². The molecular formula is C13H18N2O4. The molecule has 6 nitrogen and oxygen atoms in total. The molecule has 1 amide bonds. The highest BCUT2D eigenvalue weighted by molar-refractivity contribution is 6.00. The van der Waals surface area contributed by atoms with Gasteiger partial charge in [-0.05, 0) is 19.4 Å². The van der Waals surface area contributed by atoms with E-state index in [0.717, 1.165) is 0 Å². The van der Waals surface area contributed by atoms with Crippen LogP contribution >= 0.6 is 0 Å². The highest BCUT2D eigenvalue weighted by atomic mass is 16.4. The summed E-state index contributed by atoms with van der Waals surface area (Å²) in [6.45, 7) is 3.32. The van der Waals surface area contributed by atoms with Crippen LogP contribution in [-0.4, -0.2) is 45.3 Å². The van der Waals surface area contributed by atoms with Crippen LogP contribution in [0.3, 0.4) is 0 Å². The summed E-state index contributed by atoms with van der Waals surface area (Å²) in [5, 5.41) is 8.81. The molecule has 0 atom stereocenters. The van der Waals surface area contributed by atoms with E-state index in [2.05, 4.69) is 0 Å². The van der Waals surface area contributed by atoms with Crippen LogP contribution in [0.1, 0.15) is 41.1 Å². The number of nitrogens with zero attached hydrogens (tertiary/aromatic N) is 2. The predicted octanol–water partition coefficient (Wildman–Crippen LogP) is 1.16. The van der Waals surface area contributed by atoms with Gasteiger partial charge in [0.25, 0.3) is 5.91 Å². The predicted molar refractivity (Wildman–Crippen MR) is 69.2 cm³/mol. The third-order valence-electron chi connectivity index (χ3n) is 2.74. The van der Waals surface area contributed by atoms with Gasteiger partial charge in [-0.2, -0.15) is 0 Å². The van der Waals surface area contributed by atoms with E-state index in [1.807, 2.05) is 6.92 Å². The highest BCUT2D eigenvalue weighted by Crippen LogP contribution is 2.11. The van der Waals surface area contributed by atoms with E-state index < -0.39 is 5.97 Å². The fraction of sp³-hybridized carbons (Fsp3) is 0.462. The van der Waals surface area contributed by atoms with Gasteiger partial charge in [-0.15, -0.1) is 0 Å². The Hall–Kier alpha value is -2.11. The maximum atomic E-state index is 12.3. The Morgan fingerprint density at radius 2 is 2.00 bits per heavy atom. The minimum absolute atomic E-state index is 0.130. The van der Waals surface area contributed by atoms with Crippen LogP contribution < -0.4 is 0 Å². The first kappa shape index (κ1) is 14.9. The third kappa shape index (κ3) is 3.67. The molecule has 0 radical (unpaired) electrons. The number of ketones is 1. The molecule has 0 saturated carbocycles. The molecule has 0 aromatic carbocycles. The number of aromatic nitrogens is 1. The minimum atomic E-state index is -1.05. The number of carbonyl (C=O) groups excluding carboxylic acids is 2. The van der Waals surface area contributed by atoms with Crippen LogP contribution in [0.5, 0.6) is 0 Å². The summed E-state index contributed by atoms with van der Waals surface area (Å²) in [5.74, 6) is -1.56. The lowest BCUT2D eigenvalue weighted by Gasteiger charge is -2.20. The Labute approximate surface area is 111 Å². The molecule has 1 N–H and O–H groups in total. The topological polar surface area (TPSA) is 79.6 Å². The van der Waals surface area contributed by atoms with Gasteiger partial charge in [0, 0.05) is 25.4 Å². The summed E-state index contributed by atoms with van der Waals surface area (Å²) in [6, 6.07) is 1.50. The van der Waals surface area contributed by atoms with Crippen molar-refractivity contribution in [2.75, 3.05) is 13.1 Å². The van der Waals surface area contributed by atoms with Gasteiger partial charge in [0.05, 0.1) is 0 Å². The number of amides is 1. The van der Waals surface area contributed by atoms with Crippen molar-refractivity contribution in [3.63, 3.8) is 0 Å². The van der Waals surface area contributed by atoms with Crippen LogP contribution in [-0.2, 0) is 11.8 Å². The molecule has 0 bridgehead atoms. The monoisotopic (exact) mass is 266 g/mol. The van der Waals surface area contributed by atoms with Gasteiger partial charge in [-0.25, -0.2) is 0 Å². The number of aliphatic carboxylic acids is 1. The number of carboxylic acid groups (broad SMARTS) is 1. The third-order valence-corrected chi connectivity index (χ3v) is 2.74. The number of hydrogen-bond donors (Lipinski definition) is 1. The van der Waals surface area contributed by atoms with Crippen molar-refractivity contribution in [3.05, 3.63) is 23.5 Å². The Kier molecular flexibility index (Phi) is 4.86. The normalized spacial score (nSPS) is 10.3. The molecule has 0 fully saturated rings. The van der Waals surface area contributed by atoms with Crippen LogP contribution in [0.4, 0.5) is 0 Å². The largest absolute Gasteiger partial charge is 0.480 e. The summed E-state index contributed by atoms with van der Waals surface area (Å²) < 4.78 is 1.55. The van der Waals surface area contributed by atoms with Crippen molar-refractivity contribution < 1.29 is 19.5 Å². The van der Waals surface area contributed by atoms with Crippen LogP contribution in [0.15, 0.2) is 12.3 Å². The van der Waals surface area contributed by atoms with Gasteiger partial charge in [-0.1, -0.05) is 6.92 Å². The second-order valence-electron chi connectivity index (χ2n) is 4.40. The van der Waals surface area contributed by atoms with Gasteiger partial charge in [0.1, 0.15) is 12.2 Å². The quantitative estimate of drug-likeness (QED) is 0.784. The summed E-state index contributed by atoms with van der Waals surface area (Å²) in [4.78, 5) is 35.6. The molecule has 1 aromatic rings. The van der Waals surface area contributed by atoms with Gasteiger partial charge in [0.2, 0.25) is 0 Å². The maximum Gasteiger partial charge on any atom is 0.323 e. The van der Waals surface area contributed by atoms with Crippen molar-refractivity contribution >= 4 is 17.7 Å². The molecule has 104 valence electrons. The average molecular weight is 266 g/mol. The Balaban J connectivity index is 3.01. The van der Waals surface area contributed by atoms with E-state index in [1.54, 1.807) is 17.8 Å². The van der Waals surface area contributed by atoms with Crippen LogP contribution in [0, 0.1) is 0 Å². The van der Waals surface area contributed by atoms with Crippen LogP contribution in [0.2, 0.25) is 0 Å². The molecular weight excluding hydrogens is 248 g/mol. The van der Waals surface area contributed by atoms with Crippen molar-refractivity contribution in [1.82, 2.24) is 9.47 Å². The molecule has 0 saturated heterocycles. The zero-order valence-electron chi connectivity index (χ0n) is 11.3. The fourth-order valence-corrected chi connectivity index (χ4v) is 1.82. The molecule has 0 spiro atoms. The van der Waals surface area contributed by atoms with Crippen molar-refractivity contribution in [3.8, 4) is 0 Å². The van der Waals surface area contributed by atoms with E-state index in [1.165, 1.54) is 17.9 Å². The molecule has 1 aromatic heterocycles. The number of aryl methyl sites for hydroxylation is 1. The summed E-state index contributed by atoms with van der Waals surface area (Å²) in [5.41, 5.74) is 0.762. The fourth-order valence-electron chi connectivity index (χ4n) is 1.82. The average Bonchev–Trinajstić information content (AvgIpc) is 2.69. The van der Waals surface area contributed by atoms with Crippen molar-refractivity contribution in [1.29, 1.82) is 0 Å². The summed E-state index contributed by atoms with van der Waals surface area (Å²) >= 11 is 0. The highest BCUT2D eigenvalue weighted by Gasteiger charge is 2.21. The molecule has 19 heavy (non-hydrogen) atoms. The van der Waals surface area contributed by atoms with E-state index >= 15 is 0 Å². The lowest BCUT2D eigenvalue weighted by atomic mass is 10.2. The zero-order valence-corrected chi connectivity index (χ0v) is 11.3. The van der Waals surface area contributed by atoms with Gasteiger partial charge < -0.3 is 14.6 Å². The first-order valence-electron chi connectivity index (χ1n) is 6.05. The second-order valence-corrected chi connectivity index (χ2v) is 4.40. The minimum Gasteiger partial charge on any atom is -0.480 e. The molecule has 0 aliphatic rings. The SMILES string of the molecule is CCCN(CC(=O)O)C(=O)c1cc(C(C)=O)cn1C. The van der Waals surface area contributed by atoms with Crippen LogP contribution in [0.25, 0.3) is 0 Å². The smallest absolute Gasteiger partial charge is 0.323 e. The number of Topliss-reactive ketones (excluding diaryl/α,β-unsaturated/α-hetero) is 1. The molecule has 6 heteroatoms. The first-order valence-corrected chi connectivity index (χ1v) is 6.05. The molecule has 0 unspecified atom stereocenters. The lowest BCUT2D eigenvalue weighted by Crippen LogP contribution is -2.37. The molecule has 1 heterocycles. The van der Waals surface area contributed by atoms with E-state index in [0.29, 0.717) is 24.2 Å². The van der Waals surface area contributed by atoms with Crippen molar-refractivity contribution in [2.24, 2.45) is 7.05 Å². The molecule has 0 aliphatic carbocycles. The Morgan fingerprint density at radius 1 is 1.37 bits per heavy atom. The standard InChI is InChI=1S/C13H18N2O4/c1-4-5-15(8-12(17)18)13(19)11-6-10(9(2)16)7-14(11)3/h6-7H,4-5,8H2,1-3H3,(H,17,18). The summed E-state index contributed by atoms with van der Waals surface area (Å²) in [7, 11) is 1.66. The Morgan fingerprint density at radius 3 is 2.42 bits per heavy atom. The van der Waals surface area contributed by atoms with Gasteiger partial charge >= 0.3 is 5.97 Å².